The van der Waals surface area contributed by atoms with E-state index in [2.05, 4.69) is 44.4 Å². The van der Waals surface area contributed by atoms with Gasteiger partial charge in [0.2, 0.25) is 5.91 Å². The van der Waals surface area contributed by atoms with E-state index >= 15 is 0 Å². The van der Waals surface area contributed by atoms with Gasteiger partial charge in [0.1, 0.15) is 0 Å². The van der Waals surface area contributed by atoms with Crippen LogP contribution in [0.5, 0.6) is 0 Å². The molecule has 1 spiro atoms. The van der Waals surface area contributed by atoms with E-state index in [4.69, 9.17) is 0 Å². The highest BCUT2D eigenvalue weighted by atomic mass is 16.2. The molecule has 0 N–H and O–H groups in total. The molecule has 0 bridgehead atoms. The van der Waals surface area contributed by atoms with Crippen molar-refractivity contribution in [3.05, 3.63) is 0 Å². The Kier molecular flexibility index (Phi) is 6.75. The van der Waals surface area contributed by atoms with Crippen LogP contribution in [0, 0.1) is 16.7 Å². The van der Waals surface area contributed by atoms with Crippen molar-refractivity contribution in [2.75, 3.05) is 32.7 Å². The molecule has 1 amide bonds. The Labute approximate surface area is 150 Å². The van der Waals surface area contributed by atoms with Gasteiger partial charge in [-0.2, -0.15) is 0 Å². The number of piperidine rings is 1. The molecule has 3 nitrogen and oxygen atoms in total. The highest BCUT2D eigenvalue weighted by Crippen LogP contribution is 2.41. The van der Waals surface area contributed by atoms with Crippen LogP contribution in [-0.4, -0.2) is 48.4 Å². The number of amides is 1. The maximum atomic E-state index is 12.4. The molecule has 0 aromatic carbocycles. The van der Waals surface area contributed by atoms with Crippen molar-refractivity contribution in [3.63, 3.8) is 0 Å². The fourth-order valence-electron chi connectivity index (χ4n) is 4.27. The van der Waals surface area contributed by atoms with Crippen LogP contribution in [0.3, 0.4) is 0 Å². The smallest absolute Gasteiger partial charge is 0.222 e. The normalized spacial score (nSPS) is 22.5. The summed E-state index contributed by atoms with van der Waals surface area (Å²) in [6, 6.07) is 0. The minimum Gasteiger partial charge on any atom is -0.341 e. The third-order valence-corrected chi connectivity index (χ3v) is 6.65. The Hall–Kier alpha value is -0.570. The standard InChI is InChI=1S/C21H40N2O/c1-6-8-18(3)15-22-13-11-21(12-14-22)16-23(17-21)19(24)9-10-20(4,5)7-2/h18H,6-17H2,1-5H3. The van der Waals surface area contributed by atoms with Crippen molar-refractivity contribution in [3.8, 4) is 0 Å². The summed E-state index contributed by atoms with van der Waals surface area (Å²) in [4.78, 5) is 17.2. The number of hydrogen-bond acceptors (Lipinski definition) is 2. The number of carbonyl (C=O) groups excluding carboxylic acids is 1. The molecule has 24 heavy (non-hydrogen) atoms. The molecular weight excluding hydrogens is 296 g/mol. The molecule has 0 radical (unpaired) electrons. The molecule has 1 atom stereocenters. The van der Waals surface area contributed by atoms with Gasteiger partial charge in [-0.15, -0.1) is 0 Å². The summed E-state index contributed by atoms with van der Waals surface area (Å²) in [5.41, 5.74) is 0.763. The molecule has 0 aliphatic carbocycles. The third kappa shape index (κ3) is 5.21. The SMILES string of the molecule is CCCC(C)CN1CCC2(CC1)CN(C(=O)CCC(C)(C)CC)C2. The van der Waals surface area contributed by atoms with Crippen LogP contribution >= 0.6 is 0 Å². The third-order valence-electron chi connectivity index (χ3n) is 6.65. The van der Waals surface area contributed by atoms with Gasteiger partial charge >= 0.3 is 0 Å². The molecule has 140 valence electrons. The van der Waals surface area contributed by atoms with Crippen LogP contribution in [-0.2, 0) is 4.79 Å². The first kappa shape index (κ1) is 19.8. The summed E-state index contributed by atoms with van der Waals surface area (Å²) < 4.78 is 0. The Morgan fingerprint density at radius 2 is 1.79 bits per heavy atom. The Morgan fingerprint density at radius 3 is 2.33 bits per heavy atom. The van der Waals surface area contributed by atoms with Crippen LogP contribution < -0.4 is 0 Å². The number of carbonyl (C=O) groups is 1. The lowest BCUT2D eigenvalue weighted by Gasteiger charge is -2.54. The van der Waals surface area contributed by atoms with Crippen molar-refractivity contribution in [1.29, 1.82) is 0 Å². The van der Waals surface area contributed by atoms with E-state index < -0.39 is 0 Å². The van der Waals surface area contributed by atoms with Crippen LogP contribution in [0.25, 0.3) is 0 Å². The molecule has 2 fully saturated rings. The predicted molar refractivity (Wildman–Crippen MR) is 102 cm³/mol. The van der Waals surface area contributed by atoms with Gasteiger partial charge in [-0.25, -0.2) is 0 Å². The Balaban J connectivity index is 1.68. The molecule has 0 aromatic rings. The highest BCUT2D eigenvalue weighted by Gasteiger charge is 2.46. The zero-order valence-electron chi connectivity index (χ0n) is 16.9. The monoisotopic (exact) mass is 336 g/mol. The van der Waals surface area contributed by atoms with Crippen molar-refractivity contribution in [2.24, 2.45) is 16.7 Å². The van der Waals surface area contributed by atoms with E-state index in [0.29, 0.717) is 16.7 Å². The summed E-state index contributed by atoms with van der Waals surface area (Å²) in [6.07, 6.45) is 8.12. The molecular formula is C21H40N2O. The lowest BCUT2D eigenvalue weighted by Crippen LogP contribution is -2.62. The van der Waals surface area contributed by atoms with Gasteiger partial charge < -0.3 is 9.80 Å². The van der Waals surface area contributed by atoms with E-state index in [1.807, 2.05) is 0 Å². The summed E-state index contributed by atoms with van der Waals surface area (Å²) in [7, 11) is 0. The van der Waals surface area contributed by atoms with E-state index in [9.17, 15) is 4.79 Å². The van der Waals surface area contributed by atoms with E-state index in [1.54, 1.807) is 0 Å². The number of hydrogen-bond donors (Lipinski definition) is 0. The summed E-state index contributed by atoms with van der Waals surface area (Å²) >= 11 is 0. The molecule has 3 heteroatoms. The van der Waals surface area contributed by atoms with Crippen molar-refractivity contribution < 1.29 is 4.79 Å². The van der Waals surface area contributed by atoms with Gasteiger partial charge in [-0.3, -0.25) is 4.79 Å². The first-order valence-corrected chi connectivity index (χ1v) is 10.3. The molecule has 0 saturated carbocycles. The highest BCUT2D eigenvalue weighted by molar-refractivity contribution is 5.77. The second-order valence-electron chi connectivity index (χ2n) is 9.46. The molecule has 2 aliphatic rings. The zero-order chi connectivity index (χ0) is 17.8. The van der Waals surface area contributed by atoms with Crippen LogP contribution in [0.4, 0.5) is 0 Å². The fraction of sp³-hybridized carbons (Fsp3) is 0.952. The van der Waals surface area contributed by atoms with E-state index in [1.165, 1.54) is 45.3 Å². The zero-order valence-corrected chi connectivity index (χ0v) is 16.9. The molecule has 2 heterocycles. The Bertz CT molecular complexity index is 402. The predicted octanol–water partition coefficient (Wildman–Crippen LogP) is 4.56. The molecule has 1 unspecified atom stereocenters. The first-order chi connectivity index (χ1) is 11.3. The Morgan fingerprint density at radius 1 is 1.17 bits per heavy atom. The van der Waals surface area contributed by atoms with Crippen LogP contribution in [0.2, 0.25) is 0 Å². The minimum atomic E-state index is 0.304. The van der Waals surface area contributed by atoms with Crippen molar-refractivity contribution in [2.45, 2.75) is 79.6 Å². The number of likely N-dealkylation sites (tertiary alicyclic amines) is 2. The van der Waals surface area contributed by atoms with Gasteiger partial charge in [-0.05, 0) is 50.1 Å². The van der Waals surface area contributed by atoms with Gasteiger partial charge in [-0.1, -0.05) is 47.5 Å². The van der Waals surface area contributed by atoms with Crippen molar-refractivity contribution in [1.82, 2.24) is 9.80 Å². The quantitative estimate of drug-likeness (QED) is 0.648. The second kappa shape index (κ2) is 8.21. The minimum absolute atomic E-state index is 0.304. The second-order valence-corrected chi connectivity index (χ2v) is 9.46. The molecule has 0 aromatic heterocycles. The lowest BCUT2D eigenvalue weighted by atomic mass is 9.71. The van der Waals surface area contributed by atoms with Crippen LogP contribution in [0.15, 0.2) is 0 Å². The van der Waals surface area contributed by atoms with Gasteiger partial charge in [0.25, 0.3) is 0 Å². The lowest BCUT2D eigenvalue weighted by molar-refractivity contribution is -0.147. The first-order valence-electron chi connectivity index (χ1n) is 10.3. The van der Waals surface area contributed by atoms with Crippen LogP contribution in [0.1, 0.15) is 79.6 Å². The maximum absolute atomic E-state index is 12.4. The van der Waals surface area contributed by atoms with E-state index in [0.717, 1.165) is 38.3 Å². The average molecular weight is 337 g/mol. The summed E-state index contributed by atoms with van der Waals surface area (Å²) in [6.45, 7) is 17.2. The topological polar surface area (TPSA) is 23.6 Å². The number of nitrogens with zero attached hydrogens (tertiary/aromatic N) is 2. The molecule has 2 rings (SSSR count). The fourth-order valence-corrected chi connectivity index (χ4v) is 4.27. The number of rotatable bonds is 8. The summed E-state index contributed by atoms with van der Waals surface area (Å²) in [5, 5.41) is 0. The largest absolute Gasteiger partial charge is 0.341 e. The van der Waals surface area contributed by atoms with Gasteiger partial charge in [0.15, 0.2) is 0 Å². The maximum Gasteiger partial charge on any atom is 0.222 e. The molecule has 2 aliphatic heterocycles. The van der Waals surface area contributed by atoms with Crippen molar-refractivity contribution >= 4 is 5.91 Å². The summed E-state index contributed by atoms with van der Waals surface area (Å²) in [5.74, 6) is 1.21. The van der Waals surface area contributed by atoms with Gasteiger partial charge in [0.05, 0.1) is 0 Å². The molecule has 2 saturated heterocycles. The van der Waals surface area contributed by atoms with E-state index in [-0.39, 0.29) is 0 Å². The van der Waals surface area contributed by atoms with Gasteiger partial charge in [0, 0.05) is 31.5 Å². The average Bonchev–Trinajstić information content (AvgIpc) is 2.52.